The molecule has 2 aromatic rings. The molecule has 0 saturated carbocycles. The predicted molar refractivity (Wildman–Crippen MR) is 71.3 cm³/mol. The number of carbonyl (C=O) groups is 1. The van der Waals surface area contributed by atoms with E-state index in [1.807, 2.05) is 6.92 Å². The molecule has 1 aromatic heterocycles. The van der Waals surface area contributed by atoms with E-state index in [4.69, 9.17) is 5.11 Å². The van der Waals surface area contributed by atoms with Crippen LogP contribution in [0, 0.1) is 5.82 Å². The van der Waals surface area contributed by atoms with Crippen molar-refractivity contribution in [2.45, 2.75) is 25.8 Å². The summed E-state index contributed by atoms with van der Waals surface area (Å²) in [6.07, 6.45) is 2.49. The average Bonchev–Trinajstić information content (AvgIpc) is 2.71. The largest absolute Gasteiger partial charge is 0.396 e. The van der Waals surface area contributed by atoms with E-state index < -0.39 is 0 Å². The van der Waals surface area contributed by atoms with Crippen LogP contribution in [0.4, 0.5) is 4.39 Å². The zero-order valence-electron chi connectivity index (χ0n) is 10.7. The number of fused-ring (bicyclic) bond motifs is 1. The van der Waals surface area contributed by atoms with Crippen molar-refractivity contribution in [2.75, 3.05) is 6.61 Å². The summed E-state index contributed by atoms with van der Waals surface area (Å²) in [6.45, 7) is 1.90. The number of aromatic nitrogens is 1. The van der Waals surface area contributed by atoms with Gasteiger partial charge in [-0.15, -0.1) is 0 Å². The Morgan fingerprint density at radius 2 is 2.32 bits per heavy atom. The molecule has 0 fully saturated rings. The van der Waals surface area contributed by atoms with E-state index in [1.165, 1.54) is 12.1 Å². The molecule has 0 spiro atoms. The predicted octanol–water partition coefficient (Wildman–Crippen LogP) is 1.74. The van der Waals surface area contributed by atoms with Crippen LogP contribution in [-0.2, 0) is 11.2 Å². The van der Waals surface area contributed by atoms with Crippen molar-refractivity contribution in [1.82, 2.24) is 10.3 Å². The van der Waals surface area contributed by atoms with Crippen molar-refractivity contribution in [3.05, 3.63) is 35.8 Å². The molecule has 0 bridgehead atoms. The fraction of sp³-hybridized carbons (Fsp3) is 0.357. The van der Waals surface area contributed by atoms with Crippen LogP contribution in [0.5, 0.6) is 0 Å². The number of carbonyl (C=O) groups excluding carboxylic acids is 1. The minimum Gasteiger partial charge on any atom is -0.396 e. The van der Waals surface area contributed by atoms with E-state index in [0.717, 1.165) is 10.9 Å². The standard InChI is InChI=1S/C14H17FN2O2/c1-9(4-5-18)17-14(19)6-10-8-16-13-7-11(15)2-3-12(10)13/h2-3,7-9,16,18H,4-6H2,1H3,(H,17,19). The van der Waals surface area contributed by atoms with Crippen molar-refractivity contribution in [3.8, 4) is 0 Å². The van der Waals surface area contributed by atoms with Gasteiger partial charge in [-0.2, -0.15) is 0 Å². The van der Waals surface area contributed by atoms with Gasteiger partial charge in [0.25, 0.3) is 0 Å². The number of rotatable bonds is 5. The summed E-state index contributed by atoms with van der Waals surface area (Å²) in [4.78, 5) is 14.8. The van der Waals surface area contributed by atoms with Gasteiger partial charge in [0.2, 0.25) is 5.91 Å². The van der Waals surface area contributed by atoms with Crippen LogP contribution in [0.2, 0.25) is 0 Å². The summed E-state index contributed by atoms with van der Waals surface area (Å²) in [7, 11) is 0. The molecule has 0 saturated heterocycles. The van der Waals surface area contributed by atoms with Crippen LogP contribution in [0.3, 0.4) is 0 Å². The fourth-order valence-corrected chi connectivity index (χ4v) is 2.07. The highest BCUT2D eigenvalue weighted by Crippen LogP contribution is 2.19. The first kappa shape index (κ1) is 13.5. The molecule has 102 valence electrons. The molecule has 19 heavy (non-hydrogen) atoms. The fourth-order valence-electron chi connectivity index (χ4n) is 2.07. The maximum atomic E-state index is 13.0. The maximum Gasteiger partial charge on any atom is 0.224 e. The summed E-state index contributed by atoms with van der Waals surface area (Å²) >= 11 is 0. The topological polar surface area (TPSA) is 65.1 Å². The van der Waals surface area contributed by atoms with Crippen molar-refractivity contribution in [1.29, 1.82) is 0 Å². The van der Waals surface area contributed by atoms with Crippen LogP contribution in [0.1, 0.15) is 18.9 Å². The Kier molecular flexibility index (Phi) is 4.16. The first-order valence-corrected chi connectivity index (χ1v) is 6.26. The number of halogens is 1. The second-order valence-electron chi connectivity index (χ2n) is 4.66. The van der Waals surface area contributed by atoms with Gasteiger partial charge < -0.3 is 15.4 Å². The Hall–Kier alpha value is -1.88. The first-order valence-electron chi connectivity index (χ1n) is 6.26. The van der Waals surface area contributed by atoms with Crippen molar-refractivity contribution >= 4 is 16.8 Å². The number of H-pyrrole nitrogens is 1. The normalized spacial score (nSPS) is 12.6. The summed E-state index contributed by atoms with van der Waals surface area (Å²) in [6, 6.07) is 4.40. The summed E-state index contributed by atoms with van der Waals surface area (Å²) in [5.74, 6) is -0.409. The summed E-state index contributed by atoms with van der Waals surface area (Å²) in [5, 5.41) is 12.4. The third-order valence-electron chi connectivity index (χ3n) is 3.05. The van der Waals surface area contributed by atoms with Crippen LogP contribution in [0.25, 0.3) is 10.9 Å². The molecule has 1 heterocycles. The Labute approximate surface area is 110 Å². The minimum absolute atomic E-state index is 0.0494. The summed E-state index contributed by atoms with van der Waals surface area (Å²) < 4.78 is 13.0. The van der Waals surface area contributed by atoms with Gasteiger partial charge in [0.1, 0.15) is 5.82 Å². The first-order chi connectivity index (χ1) is 9.10. The Balaban J connectivity index is 2.07. The highest BCUT2D eigenvalue weighted by molar-refractivity contribution is 5.88. The van der Waals surface area contributed by atoms with Gasteiger partial charge in [0.15, 0.2) is 0 Å². The molecule has 1 amide bonds. The maximum absolute atomic E-state index is 13.0. The Morgan fingerprint density at radius 1 is 1.53 bits per heavy atom. The van der Waals surface area contributed by atoms with Crippen LogP contribution in [-0.4, -0.2) is 28.6 Å². The number of amides is 1. The minimum atomic E-state index is -0.304. The molecule has 4 nitrogen and oxygen atoms in total. The third-order valence-corrected chi connectivity index (χ3v) is 3.05. The number of hydrogen-bond acceptors (Lipinski definition) is 2. The van der Waals surface area contributed by atoms with Gasteiger partial charge in [-0.25, -0.2) is 4.39 Å². The average molecular weight is 264 g/mol. The lowest BCUT2D eigenvalue weighted by molar-refractivity contribution is -0.121. The summed E-state index contributed by atoms with van der Waals surface area (Å²) in [5.41, 5.74) is 1.52. The molecule has 3 N–H and O–H groups in total. The quantitative estimate of drug-likeness (QED) is 0.770. The van der Waals surface area contributed by atoms with Gasteiger partial charge in [0, 0.05) is 29.7 Å². The van der Waals surface area contributed by atoms with Crippen LogP contribution in [0.15, 0.2) is 24.4 Å². The van der Waals surface area contributed by atoms with E-state index >= 15 is 0 Å². The second-order valence-corrected chi connectivity index (χ2v) is 4.66. The SMILES string of the molecule is CC(CCO)NC(=O)Cc1c[nH]c2cc(F)ccc12. The molecule has 0 aliphatic rings. The molecule has 5 heteroatoms. The third kappa shape index (κ3) is 3.32. The Bertz CT molecular complexity index is 580. The molecule has 1 unspecified atom stereocenters. The number of aromatic amines is 1. The zero-order chi connectivity index (χ0) is 13.8. The molecule has 2 rings (SSSR count). The highest BCUT2D eigenvalue weighted by Gasteiger charge is 2.11. The molecule has 0 aliphatic carbocycles. The van der Waals surface area contributed by atoms with E-state index in [9.17, 15) is 9.18 Å². The number of hydrogen-bond donors (Lipinski definition) is 3. The zero-order valence-corrected chi connectivity index (χ0v) is 10.7. The number of benzene rings is 1. The molecule has 0 aliphatic heterocycles. The lowest BCUT2D eigenvalue weighted by Gasteiger charge is -2.11. The van der Waals surface area contributed by atoms with E-state index in [2.05, 4.69) is 10.3 Å². The highest BCUT2D eigenvalue weighted by atomic mass is 19.1. The van der Waals surface area contributed by atoms with Gasteiger partial charge in [-0.1, -0.05) is 0 Å². The van der Waals surface area contributed by atoms with Crippen LogP contribution >= 0.6 is 0 Å². The second kappa shape index (κ2) is 5.84. The molecule has 0 radical (unpaired) electrons. The van der Waals surface area contributed by atoms with Gasteiger partial charge >= 0.3 is 0 Å². The monoisotopic (exact) mass is 264 g/mol. The van der Waals surface area contributed by atoms with Gasteiger partial charge in [-0.3, -0.25) is 4.79 Å². The van der Waals surface area contributed by atoms with Crippen LogP contribution < -0.4 is 5.32 Å². The van der Waals surface area contributed by atoms with E-state index in [-0.39, 0.29) is 30.8 Å². The number of aliphatic hydroxyl groups is 1. The van der Waals surface area contributed by atoms with Crippen molar-refractivity contribution in [3.63, 3.8) is 0 Å². The van der Waals surface area contributed by atoms with Crippen molar-refractivity contribution in [2.24, 2.45) is 0 Å². The number of aliphatic hydroxyl groups excluding tert-OH is 1. The van der Waals surface area contributed by atoms with E-state index in [1.54, 1.807) is 12.3 Å². The molecule has 1 atom stereocenters. The molecule has 1 aromatic carbocycles. The van der Waals surface area contributed by atoms with Gasteiger partial charge in [-0.05, 0) is 37.1 Å². The lowest BCUT2D eigenvalue weighted by Crippen LogP contribution is -2.34. The molecular weight excluding hydrogens is 247 g/mol. The smallest absolute Gasteiger partial charge is 0.224 e. The number of nitrogens with one attached hydrogen (secondary N) is 2. The van der Waals surface area contributed by atoms with Crippen molar-refractivity contribution < 1.29 is 14.3 Å². The lowest BCUT2D eigenvalue weighted by atomic mass is 10.1. The van der Waals surface area contributed by atoms with E-state index in [0.29, 0.717) is 11.9 Å². The molecular formula is C14H17FN2O2. The van der Waals surface area contributed by atoms with Gasteiger partial charge in [0.05, 0.1) is 6.42 Å². The Morgan fingerprint density at radius 3 is 3.05 bits per heavy atom.